The molecule has 5 N–H and O–H groups in total. The second-order valence-electron chi connectivity index (χ2n) is 13.7. The SMILES string of the molecule is C=C(O)CC1NC(=O)CNC(=O)C(CCCC[n+]2ccn3ccccc32)NC(=O)C(C(C)C)N(C)C(=O)C(Cc2c[nH]c3ccccc23)CC1=O. The number of nitrogens with zero attached hydrogens (tertiary/aromatic N) is 3. The van der Waals surface area contributed by atoms with Crippen molar-refractivity contribution in [2.24, 2.45) is 11.8 Å². The number of carbonyl (C=O) groups excluding carboxylic acids is 5. The second kappa shape index (κ2) is 16.5. The molecule has 13 heteroatoms. The number of Topliss-reactive ketones (excluding diaryl/α,β-unsaturated/α-hetero) is 1. The third-order valence-electron chi connectivity index (χ3n) is 9.53. The molecule has 51 heavy (non-hydrogen) atoms. The van der Waals surface area contributed by atoms with E-state index in [-0.39, 0.29) is 30.9 Å². The summed E-state index contributed by atoms with van der Waals surface area (Å²) < 4.78 is 4.13. The fourth-order valence-electron chi connectivity index (χ4n) is 6.96. The van der Waals surface area contributed by atoms with E-state index in [1.807, 2.05) is 79.3 Å². The maximum absolute atomic E-state index is 14.4. The van der Waals surface area contributed by atoms with Gasteiger partial charge in [0.2, 0.25) is 23.6 Å². The van der Waals surface area contributed by atoms with Crippen LogP contribution in [-0.4, -0.2) is 80.5 Å². The van der Waals surface area contributed by atoms with Crippen LogP contribution in [-0.2, 0) is 36.9 Å². The number of aromatic amines is 1. The number of carbonyl (C=O) groups is 5. The van der Waals surface area contributed by atoms with Gasteiger partial charge in [0.05, 0.1) is 31.1 Å². The largest absolute Gasteiger partial charge is 0.513 e. The van der Waals surface area contributed by atoms with Gasteiger partial charge in [-0.1, -0.05) is 44.7 Å². The highest BCUT2D eigenvalue weighted by molar-refractivity contribution is 5.97. The predicted octanol–water partition coefficient (Wildman–Crippen LogP) is 2.74. The lowest BCUT2D eigenvalue weighted by molar-refractivity contribution is -0.671. The van der Waals surface area contributed by atoms with Crippen molar-refractivity contribution in [1.82, 2.24) is 30.2 Å². The number of benzene rings is 1. The molecule has 0 saturated carbocycles. The first kappa shape index (κ1) is 36.8. The monoisotopic (exact) mass is 698 g/mol. The number of hydrogen-bond donors (Lipinski definition) is 5. The number of ketones is 1. The number of aryl methyl sites for hydroxylation is 1. The number of H-pyrrole nitrogens is 1. The van der Waals surface area contributed by atoms with E-state index >= 15 is 0 Å². The van der Waals surface area contributed by atoms with Crippen LogP contribution in [0.1, 0.15) is 51.5 Å². The first-order valence-corrected chi connectivity index (χ1v) is 17.5. The third kappa shape index (κ3) is 9.02. The van der Waals surface area contributed by atoms with E-state index in [1.54, 1.807) is 13.2 Å². The van der Waals surface area contributed by atoms with Crippen molar-refractivity contribution < 1.29 is 33.6 Å². The number of likely N-dealkylation sites (N-methyl/N-ethyl adjacent to an activating group) is 1. The van der Waals surface area contributed by atoms with E-state index < -0.39 is 60.0 Å². The average molecular weight is 699 g/mol. The number of aromatic nitrogens is 3. The number of unbranched alkanes of at least 4 members (excludes halogenated alkanes) is 1. The minimum Gasteiger partial charge on any atom is -0.513 e. The van der Waals surface area contributed by atoms with Crippen LogP contribution in [0.15, 0.2) is 79.6 Å². The van der Waals surface area contributed by atoms with Crippen molar-refractivity contribution in [1.29, 1.82) is 0 Å². The van der Waals surface area contributed by atoms with Crippen LogP contribution in [0, 0.1) is 11.8 Å². The molecule has 1 aliphatic rings. The molecule has 3 aromatic heterocycles. The summed E-state index contributed by atoms with van der Waals surface area (Å²) in [6, 6.07) is 10.5. The van der Waals surface area contributed by atoms with Crippen molar-refractivity contribution in [2.75, 3.05) is 13.6 Å². The van der Waals surface area contributed by atoms with E-state index in [0.29, 0.717) is 19.4 Å². The standard InChI is InChI=1S/C38H47N7O6/c1-24(2)35-37(50)42-30(13-7-9-15-44-17-18-45-16-10-8-14-34(44)45)36(49)40-23-33(48)41-31(19-25(3)46)32(47)21-26(38(51)43(35)4)20-27-22-39-29-12-6-5-11-28(27)29/h5-6,8,10-12,14,16-18,22,24,26,30-31,35,39H,3,7,9,13,15,19-21,23H2,1-2,4H3,(H3-,40,41,42,46,48,49,50)/p+1. The fourth-order valence-corrected chi connectivity index (χ4v) is 6.96. The molecule has 1 saturated heterocycles. The molecule has 0 radical (unpaired) electrons. The van der Waals surface area contributed by atoms with Gasteiger partial charge in [0.25, 0.3) is 5.65 Å². The molecule has 4 unspecified atom stereocenters. The topological polar surface area (TPSA) is 169 Å². The molecule has 270 valence electrons. The van der Waals surface area contributed by atoms with Crippen molar-refractivity contribution in [3.05, 3.63) is 85.2 Å². The highest BCUT2D eigenvalue weighted by Crippen LogP contribution is 2.26. The zero-order valence-corrected chi connectivity index (χ0v) is 29.4. The van der Waals surface area contributed by atoms with Gasteiger partial charge in [-0.05, 0) is 49.3 Å². The molecule has 4 aromatic rings. The van der Waals surface area contributed by atoms with Crippen molar-refractivity contribution in [2.45, 2.75) is 77.0 Å². The maximum atomic E-state index is 14.4. The van der Waals surface area contributed by atoms with Gasteiger partial charge >= 0.3 is 0 Å². The van der Waals surface area contributed by atoms with Crippen molar-refractivity contribution >= 4 is 46.0 Å². The molecule has 4 amide bonds. The Morgan fingerprint density at radius 2 is 1.75 bits per heavy atom. The lowest BCUT2D eigenvalue weighted by Gasteiger charge is -2.34. The Bertz CT molecular complexity index is 1910. The lowest BCUT2D eigenvalue weighted by Crippen LogP contribution is -2.57. The highest BCUT2D eigenvalue weighted by Gasteiger charge is 2.37. The van der Waals surface area contributed by atoms with E-state index in [0.717, 1.165) is 28.5 Å². The zero-order valence-electron chi connectivity index (χ0n) is 29.4. The normalized spacial score (nSPS) is 21.3. The Balaban J connectivity index is 1.40. The molecule has 5 rings (SSSR count). The van der Waals surface area contributed by atoms with Crippen LogP contribution >= 0.6 is 0 Å². The minimum absolute atomic E-state index is 0.184. The predicted molar refractivity (Wildman–Crippen MR) is 191 cm³/mol. The Kier molecular flexibility index (Phi) is 11.9. The minimum atomic E-state index is -1.18. The molecule has 1 aliphatic heterocycles. The molecule has 1 aromatic carbocycles. The van der Waals surface area contributed by atoms with Gasteiger partial charge in [-0.25, -0.2) is 8.97 Å². The van der Waals surface area contributed by atoms with Gasteiger partial charge in [-0.3, -0.25) is 24.0 Å². The van der Waals surface area contributed by atoms with Crippen LogP contribution in [0.2, 0.25) is 0 Å². The summed E-state index contributed by atoms with van der Waals surface area (Å²) in [6.07, 6.45) is 8.99. The summed E-state index contributed by atoms with van der Waals surface area (Å²) in [5, 5.41) is 19.0. The Morgan fingerprint density at radius 3 is 2.51 bits per heavy atom. The first-order chi connectivity index (χ1) is 24.4. The third-order valence-corrected chi connectivity index (χ3v) is 9.53. The average Bonchev–Trinajstić information content (AvgIpc) is 3.70. The number of hydrogen-bond acceptors (Lipinski definition) is 6. The second-order valence-corrected chi connectivity index (χ2v) is 13.7. The summed E-state index contributed by atoms with van der Waals surface area (Å²) in [7, 11) is 1.54. The van der Waals surface area contributed by atoms with Crippen molar-refractivity contribution in [3.63, 3.8) is 0 Å². The van der Waals surface area contributed by atoms with Gasteiger partial charge in [-0.2, -0.15) is 0 Å². The Morgan fingerprint density at radius 1 is 0.980 bits per heavy atom. The zero-order chi connectivity index (χ0) is 36.7. The number of nitrogens with one attached hydrogen (secondary N) is 4. The fraction of sp³-hybridized carbons (Fsp3) is 0.421. The van der Waals surface area contributed by atoms with Gasteiger partial charge in [-0.15, -0.1) is 0 Å². The summed E-state index contributed by atoms with van der Waals surface area (Å²) >= 11 is 0. The molecule has 0 spiro atoms. The number of aliphatic hydroxyl groups excluding tert-OH is 1. The molecule has 4 atom stereocenters. The number of para-hydroxylation sites is 1. The van der Waals surface area contributed by atoms with Crippen LogP contribution in [0.25, 0.3) is 16.6 Å². The summed E-state index contributed by atoms with van der Waals surface area (Å²) in [4.78, 5) is 73.3. The summed E-state index contributed by atoms with van der Waals surface area (Å²) in [5.74, 6) is -4.17. The van der Waals surface area contributed by atoms with Crippen molar-refractivity contribution in [3.8, 4) is 0 Å². The number of rotatable bonds is 10. The molecular formula is C38H48N7O6+. The van der Waals surface area contributed by atoms with E-state index in [4.69, 9.17) is 0 Å². The van der Waals surface area contributed by atoms with E-state index in [2.05, 4.69) is 32.1 Å². The molecule has 0 bridgehead atoms. The van der Waals surface area contributed by atoms with E-state index in [1.165, 1.54) is 4.90 Å². The Hall–Kier alpha value is -5.46. The number of aliphatic hydroxyl groups is 1. The molecule has 13 nitrogen and oxygen atoms in total. The lowest BCUT2D eigenvalue weighted by atomic mass is 9.88. The highest BCUT2D eigenvalue weighted by atomic mass is 16.3. The summed E-state index contributed by atoms with van der Waals surface area (Å²) in [6.45, 7) is 7.38. The number of fused-ring (bicyclic) bond motifs is 2. The smallest absolute Gasteiger partial charge is 0.286 e. The first-order valence-electron chi connectivity index (χ1n) is 17.5. The van der Waals surface area contributed by atoms with Gasteiger partial charge in [0, 0.05) is 49.0 Å². The molecular weight excluding hydrogens is 650 g/mol. The number of amides is 4. The van der Waals surface area contributed by atoms with Gasteiger partial charge < -0.3 is 30.9 Å². The van der Waals surface area contributed by atoms with Crippen LogP contribution in [0.4, 0.5) is 0 Å². The quantitative estimate of drug-likeness (QED) is 0.0970. The number of pyridine rings is 1. The van der Waals surface area contributed by atoms with Crippen LogP contribution in [0.5, 0.6) is 0 Å². The van der Waals surface area contributed by atoms with Crippen LogP contribution < -0.4 is 20.5 Å². The Labute approximate surface area is 297 Å². The maximum Gasteiger partial charge on any atom is 0.286 e. The van der Waals surface area contributed by atoms with E-state index in [9.17, 15) is 29.1 Å². The molecule has 0 aliphatic carbocycles. The van der Waals surface area contributed by atoms with Gasteiger partial charge in [0.15, 0.2) is 5.78 Å². The summed E-state index contributed by atoms with van der Waals surface area (Å²) in [5.41, 5.74) is 2.73. The van der Waals surface area contributed by atoms with Gasteiger partial charge in [0.1, 0.15) is 24.5 Å². The molecule has 1 fully saturated rings. The number of imidazole rings is 1. The van der Waals surface area contributed by atoms with Crippen LogP contribution in [0.3, 0.4) is 0 Å². The molecule has 4 heterocycles.